The SMILES string of the molecule is C=CC(OC(=O)c1cccc(C)c1C(=O)c1ccccc1)c1ccccc1. The summed E-state index contributed by atoms with van der Waals surface area (Å²) >= 11 is 0. The highest BCUT2D eigenvalue weighted by atomic mass is 16.5. The van der Waals surface area contributed by atoms with Crippen LogP contribution >= 0.6 is 0 Å². The Kier molecular flexibility index (Phi) is 5.62. The van der Waals surface area contributed by atoms with Crippen molar-refractivity contribution < 1.29 is 14.3 Å². The van der Waals surface area contributed by atoms with Gasteiger partial charge < -0.3 is 4.74 Å². The molecule has 0 saturated carbocycles. The molecule has 0 aliphatic heterocycles. The van der Waals surface area contributed by atoms with E-state index in [1.165, 1.54) is 0 Å². The van der Waals surface area contributed by atoms with E-state index in [0.29, 0.717) is 11.1 Å². The molecule has 27 heavy (non-hydrogen) atoms. The molecule has 3 heteroatoms. The molecule has 0 fully saturated rings. The van der Waals surface area contributed by atoms with Gasteiger partial charge in [0.1, 0.15) is 6.10 Å². The molecule has 0 saturated heterocycles. The molecule has 0 radical (unpaired) electrons. The van der Waals surface area contributed by atoms with Crippen LogP contribution in [0.5, 0.6) is 0 Å². The van der Waals surface area contributed by atoms with Crippen LogP contribution < -0.4 is 0 Å². The third kappa shape index (κ3) is 4.04. The van der Waals surface area contributed by atoms with Crippen molar-refractivity contribution in [2.24, 2.45) is 0 Å². The van der Waals surface area contributed by atoms with Gasteiger partial charge in [-0.3, -0.25) is 4.79 Å². The van der Waals surface area contributed by atoms with Gasteiger partial charge in [0.15, 0.2) is 5.78 Å². The van der Waals surface area contributed by atoms with Gasteiger partial charge in [-0.2, -0.15) is 0 Å². The van der Waals surface area contributed by atoms with Crippen molar-refractivity contribution in [3.63, 3.8) is 0 Å². The third-order valence-corrected chi connectivity index (χ3v) is 4.33. The summed E-state index contributed by atoms with van der Waals surface area (Å²) in [5, 5.41) is 0. The van der Waals surface area contributed by atoms with E-state index in [4.69, 9.17) is 4.74 Å². The summed E-state index contributed by atoms with van der Waals surface area (Å²) in [5.74, 6) is -0.748. The smallest absolute Gasteiger partial charge is 0.339 e. The number of esters is 1. The van der Waals surface area contributed by atoms with Gasteiger partial charge in [0, 0.05) is 11.1 Å². The molecule has 3 rings (SSSR count). The molecule has 3 aromatic rings. The van der Waals surface area contributed by atoms with Gasteiger partial charge in [0.2, 0.25) is 0 Å². The van der Waals surface area contributed by atoms with Crippen LogP contribution in [-0.4, -0.2) is 11.8 Å². The molecular formula is C24H20O3. The average molecular weight is 356 g/mol. The number of ketones is 1. The highest BCUT2D eigenvalue weighted by Crippen LogP contribution is 2.24. The van der Waals surface area contributed by atoms with Crippen LogP contribution in [-0.2, 0) is 4.74 Å². The molecule has 0 aromatic heterocycles. The first-order valence-electron chi connectivity index (χ1n) is 8.69. The van der Waals surface area contributed by atoms with Gasteiger partial charge in [-0.15, -0.1) is 0 Å². The summed E-state index contributed by atoms with van der Waals surface area (Å²) < 4.78 is 5.64. The van der Waals surface area contributed by atoms with E-state index in [2.05, 4.69) is 6.58 Å². The molecule has 1 unspecified atom stereocenters. The van der Waals surface area contributed by atoms with Crippen molar-refractivity contribution in [1.82, 2.24) is 0 Å². The van der Waals surface area contributed by atoms with Crippen LogP contribution in [0, 0.1) is 6.92 Å². The Bertz CT molecular complexity index is 959. The van der Waals surface area contributed by atoms with Crippen LogP contribution in [0.25, 0.3) is 0 Å². The maximum absolute atomic E-state index is 13.0. The second kappa shape index (κ2) is 8.28. The van der Waals surface area contributed by atoms with Gasteiger partial charge in [-0.05, 0) is 30.2 Å². The fourth-order valence-corrected chi connectivity index (χ4v) is 2.95. The summed E-state index contributed by atoms with van der Waals surface area (Å²) in [7, 11) is 0. The summed E-state index contributed by atoms with van der Waals surface area (Å²) in [6, 6.07) is 23.5. The fourth-order valence-electron chi connectivity index (χ4n) is 2.95. The first-order chi connectivity index (χ1) is 13.1. The Morgan fingerprint density at radius 1 is 0.889 bits per heavy atom. The van der Waals surface area contributed by atoms with E-state index in [1.54, 1.807) is 42.5 Å². The summed E-state index contributed by atoms with van der Waals surface area (Å²) in [4.78, 5) is 25.9. The fraction of sp³-hybridized carbons (Fsp3) is 0.0833. The Labute approximate surface area is 158 Å². The second-order valence-corrected chi connectivity index (χ2v) is 6.16. The van der Waals surface area contributed by atoms with Crippen molar-refractivity contribution in [3.05, 3.63) is 119 Å². The lowest BCUT2D eigenvalue weighted by Crippen LogP contribution is -2.16. The monoisotopic (exact) mass is 356 g/mol. The Morgan fingerprint density at radius 3 is 2.15 bits per heavy atom. The largest absolute Gasteiger partial charge is 0.450 e. The third-order valence-electron chi connectivity index (χ3n) is 4.33. The van der Waals surface area contributed by atoms with Crippen LogP contribution in [0.3, 0.4) is 0 Å². The van der Waals surface area contributed by atoms with Gasteiger partial charge in [0.25, 0.3) is 0 Å². The van der Waals surface area contributed by atoms with Crippen molar-refractivity contribution in [1.29, 1.82) is 0 Å². The number of aryl methyl sites for hydroxylation is 1. The molecule has 0 aliphatic carbocycles. The number of rotatable bonds is 6. The molecule has 0 bridgehead atoms. The topological polar surface area (TPSA) is 43.4 Å². The first kappa shape index (κ1) is 18.3. The van der Waals surface area contributed by atoms with E-state index in [9.17, 15) is 9.59 Å². The number of ether oxygens (including phenoxy) is 1. The van der Waals surface area contributed by atoms with Crippen molar-refractivity contribution in [3.8, 4) is 0 Å². The molecule has 134 valence electrons. The number of hydrogen-bond acceptors (Lipinski definition) is 3. The summed E-state index contributed by atoms with van der Waals surface area (Å²) in [6.07, 6.45) is 0.987. The summed E-state index contributed by atoms with van der Waals surface area (Å²) in [5.41, 5.74) is 2.71. The standard InChI is InChI=1S/C24H20O3/c1-3-21(18-12-6-4-7-13-18)27-24(26)20-16-10-11-17(2)22(20)23(25)19-14-8-5-9-15-19/h3-16,21H,1H2,2H3. The Balaban J connectivity index is 1.95. The van der Waals surface area contributed by atoms with Crippen molar-refractivity contribution in [2.45, 2.75) is 13.0 Å². The highest BCUT2D eigenvalue weighted by Gasteiger charge is 2.23. The Morgan fingerprint density at radius 2 is 1.52 bits per heavy atom. The maximum atomic E-state index is 13.0. The molecule has 0 N–H and O–H groups in total. The van der Waals surface area contributed by atoms with Crippen LogP contribution in [0.1, 0.15) is 43.5 Å². The minimum absolute atomic E-state index is 0.199. The predicted octanol–water partition coefficient (Wildman–Crippen LogP) is 5.31. The summed E-state index contributed by atoms with van der Waals surface area (Å²) in [6.45, 7) is 5.58. The number of carbonyl (C=O) groups is 2. The quantitative estimate of drug-likeness (QED) is 0.341. The van der Waals surface area contributed by atoms with Crippen molar-refractivity contribution in [2.75, 3.05) is 0 Å². The second-order valence-electron chi connectivity index (χ2n) is 6.16. The minimum atomic E-state index is -0.584. The van der Waals surface area contributed by atoms with E-state index >= 15 is 0 Å². The molecule has 3 nitrogen and oxygen atoms in total. The van der Waals surface area contributed by atoms with Crippen LogP contribution in [0.4, 0.5) is 0 Å². The minimum Gasteiger partial charge on any atom is -0.450 e. The van der Waals surface area contributed by atoms with Crippen LogP contribution in [0.15, 0.2) is 91.5 Å². The van der Waals surface area contributed by atoms with E-state index in [-0.39, 0.29) is 11.3 Å². The zero-order valence-electron chi connectivity index (χ0n) is 15.1. The Hall–Kier alpha value is -3.46. The molecule has 1 atom stereocenters. The lowest BCUT2D eigenvalue weighted by Gasteiger charge is -2.17. The van der Waals surface area contributed by atoms with E-state index in [0.717, 1.165) is 11.1 Å². The van der Waals surface area contributed by atoms with Gasteiger partial charge in [-0.25, -0.2) is 4.79 Å². The molecule has 3 aromatic carbocycles. The average Bonchev–Trinajstić information content (AvgIpc) is 2.72. The molecular weight excluding hydrogens is 336 g/mol. The predicted molar refractivity (Wildman–Crippen MR) is 106 cm³/mol. The molecule has 0 spiro atoms. The van der Waals surface area contributed by atoms with Gasteiger partial charge in [-0.1, -0.05) is 79.4 Å². The van der Waals surface area contributed by atoms with Crippen molar-refractivity contribution >= 4 is 11.8 Å². The molecule has 0 heterocycles. The highest BCUT2D eigenvalue weighted by molar-refractivity contribution is 6.15. The number of benzene rings is 3. The lowest BCUT2D eigenvalue weighted by atomic mass is 9.94. The van der Waals surface area contributed by atoms with E-state index in [1.807, 2.05) is 49.4 Å². The number of carbonyl (C=O) groups excluding carboxylic acids is 2. The molecule has 0 amide bonds. The van der Waals surface area contributed by atoms with E-state index < -0.39 is 12.1 Å². The first-order valence-corrected chi connectivity index (χ1v) is 8.69. The molecule has 0 aliphatic rings. The van der Waals surface area contributed by atoms with Gasteiger partial charge >= 0.3 is 5.97 Å². The maximum Gasteiger partial charge on any atom is 0.339 e. The van der Waals surface area contributed by atoms with Gasteiger partial charge in [0.05, 0.1) is 5.56 Å². The normalized spacial score (nSPS) is 11.4. The lowest BCUT2D eigenvalue weighted by molar-refractivity contribution is 0.0390. The zero-order chi connectivity index (χ0) is 19.2. The number of hydrogen-bond donors (Lipinski definition) is 0. The van der Waals surface area contributed by atoms with Crippen LogP contribution in [0.2, 0.25) is 0 Å². The zero-order valence-corrected chi connectivity index (χ0v) is 15.1.